The molecular formula is C27H31N5O4. The van der Waals surface area contributed by atoms with Gasteiger partial charge in [-0.25, -0.2) is 4.98 Å². The van der Waals surface area contributed by atoms with Gasteiger partial charge in [0.05, 0.1) is 18.2 Å². The molecule has 0 bridgehead atoms. The molecule has 1 saturated carbocycles. The van der Waals surface area contributed by atoms with Gasteiger partial charge in [0.2, 0.25) is 5.95 Å². The van der Waals surface area contributed by atoms with Crippen LogP contribution in [0, 0.1) is 17.2 Å². The smallest absolute Gasteiger partial charge is 0.221 e. The molecule has 4 N–H and O–H groups in total. The number of rotatable bonds is 10. The van der Waals surface area contributed by atoms with E-state index in [9.17, 15) is 5.26 Å². The van der Waals surface area contributed by atoms with Gasteiger partial charge in [0.1, 0.15) is 29.2 Å². The van der Waals surface area contributed by atoms with Crippen molar-refractivity contribution in [2.75, 3.05) is 32.0 Å². The van der Waals surface area contributed by atoms with Gasteiger partial charge in [0, 0.05) is 37.6 Å². The summed E-state index contributed by atoms with van der Waals surface area (Å²) in [5.74, 6) is 2.57. The minimum absolute atomic E-state index is 0.0111. The molecule has 2 unspecified atom stereocenters. The topological polar surface area (TPSA) is 139 Å². The molecule has 1 aromatic heterocycles. The van der Waals surface area contributed by atoms with E-state index < -0.39 is 0 Å². The lowest BCUT2D eigenvalue weighted by Crippen LogP contribution is -2.13. The first-order chi connectivity index (χ1) is 17.5. The zero-order valence-electron chi connectivity index (χ0n) is 20.6. The van der Waals surface area contributed by atoms with E-state index in [0.29, 0.717) is 42.5 Å². The van der Waals surface area contributed by atoms with Crippen molar-refractivity contribution in [1.82, 2.24) is 9.97 Å². The first kappa shape index (κ1) is 25.1. The molecule has 188 valence electrons. The molecular weight excluding hydrogens is 458 g/mol. The van der Waals surface area contributed by atoms with Crippen LogP contribution in [0.1, 0.15) is 37.3 Å². The number of nitrogens with zero attached hydrogens (tertiary/aromatic N) is 3. The van der Waals surface area contributed by atoms with Gasteiger partial charge in [-0.2, -0.15) is 10.2 Å². The van der Waals surface area contributed by atoms with E-state index in [1.165, 1.54) is 0 Å². The third kappa shape index (κ3) is 5.96. The van der Waals surface area contributed by atoms with Crippen LogP contribution in [0.4, 0.5) is 11.8 Å². The minimum Gasteiger partial charge on any atom is -0.493 e. The van der Waals surface area contributed by atoms with Crippen LogP contribution in [0.3, 0.4) is 0 Å². The Hall–Kier alpha value is -4.03. The zero-order valence-corrected chi connectivity index (χ0v) is 20.6. The summed E-state index contributed by atoms with van der Waals surface area (Å²) in [5.41, 5.74) is 15.2. The minimum atomic E-state index is -0.0487. The second-order valence-corrected chi connectivity index (χ2v) is 8.67. The Morgan fingerprint density at radius 2 is 1.86 bits per heavy atom. The maximum absolute atomic E-state index is 9.36. The van der Waals surface area contributed by atoms with E-state index >= 15 is 0 Å². The number of hydrogen-bond donors (Lipinski definition) is 2. The summed E-state index contributed by atoms with van der Waals surface area (Å²) in [6, 6.07) is 14.1. The van der Waals surface area contributed by atoms with E-state index in [1.807, 2.05) is 43.3 Å². The lowest BCUT2D eigenvalue weighted by atomic mass is 9.98. The molecule has 4 rings (SSSR count). The normalized spacial score (nSPS) is 16.9. The van der Waals surface area contributed by atoms with E-state index in [0.717, 1.165) is 35.1 Å². The summed E-state index contributed by atoms with van der Waals surface area (Å²) in [4.78, 5) is 8.16. The molecule has 2 aromatic carbocycles. The largest absolute Gasteiger partial charge is 0.493 e. The van der Waals surface area contributed by atoms with Crippen molar-refractivity contribution < 1.29 is 18.9 Å². The number of ether oxygens (including phenoxy) is 4. The number of hydrogen-bond acceptors (Lipinski definition) is 9. The van der Waals surface area contributed by atoms with Crippen LogP contribution in [-0.2, 0) is 11.2 Å². The van der Waals surface area contributed by atoms with E-state index in [4.69, 9.17) is 30.4 Å². The predicted octanol–water partition coefficient (Wildman–Crippen LogP) is 4.35. The Morgan fingerprint density at radius 3 is 2.53 bits per heavy atom. The summed E-state index contributed by atoms with van der Waals surface area (Å²) in [6.45, 7) is 2.60. The molecule has 1 fully saturated rings. The van der Waals surface area contributed by atoms with Crippen LogP contribution < -0.4 is 25.7 Å². The highest BCUT2D eigenvalue weighted by atomic mass is 16.7. The Kier molecular flexibility index (Phi) is 8.08. The van der Waals surface area contributed by atoms with Crippen LogP contribution >= 0.6 is 0 Å². The molecule has 9 heteroatoms. The number of aromatic nitrogens is 2. The number of benzene rings is 2. The number of nitrogens with two attached hydrogens (primary N) is 2. The first-order valence-electron chi connectivity index (χ1n) is 12.0. The summed E-state index contributed by atoms with van der Waals surface area (Å²) in [5, 5.41) is 9.36. The fourth-order valence-corrected chi connectivity index (χ4v) is 4.37. The lowest BCUT2D eigenvalue weighted by Gasteiger charge is -2.21. The highest BCUT2D eigenvalue weighted by Crippen LogP contribution is 2.43. The van der Waals surface area contributed by atoms with Crippen LogP contribution in [0.25, 0.3) is 11.1 Å². The second-order valence-electron chi connectivity index (χ2n) is 8.67. The molecule has 0 aliphatic heterocycles. The molecule has 0 radical (unpaired) electrons. The predicted molar refractivity (Wildman–Crippen MR) is 137 cm³/mol. The van der Waals surface area contributed by atoms with Gasteiger partial charge in [-0.3, -0.25) is 0 Å². The fraction of sp³-hybridized carbons (Fsp3) is 0.370. The van der Waals surface area contributed by atoms with E-state index in [1.54, 1.807) is 13.3 Å². The van der Waals surface area contributed by atoms with Gasteiger partial charge in [0.15, 0.2) is 6.79 Å². The lowest BCUT2D eigenvalue weighted by molar-refractivity contribution is 0.0511. The molecule has 9 nitrogen and oxygen atoms in total. The van der Waals surface area contributed by atoms with Crippen LogP contribution in [-0.4, -0.2) is 36.6 Å². The zero-order chi connectivity index (χ0) is 25.5. The van der Waals surface area contributed by atoms with E-state index in [-0.39, 0.29) is 24.8 Å². The highest BCUT2D eigenvalue weighted by molar-refractivity contribution is 5.78. The maximum atomic E-state index is 9.36. The summed E-state index contributed by atoms with van der Waals surface area (Å²) >= 11 is 0. The van der Waals surface area contributed by atoms with Crippen molar-refractivity contribution in [2.45, 2.75) is 38.7 Å². The average molecular weight is 490 g/mol. The number of anilines is 2. The van der Waals surface area contributed by atoms with Gasteiger partial charge in [-0.1, -0.05) is 12.1 Å². The number of methoxy groups -OCH3 is 1. The quantitative estimate of drug-likeness (QED) is 0.398. The molecule has 0 saturated heterocycles. The van der Waals surface area contributed by atoms with Crippen LogP contribution in [0.2, 0.25) is 0 Å². The Bertz CT molecular complexity index is 1230. The molecule has 1 aliphatic rings. The SMILES string of the molecule is CCOc1cc(Cc2cnc(N)nc2N)cc(OC2CCC(C#N)C2)c1-c1ccc(OCOC)cc1. The highest BCUT2D eigenvalue weighted by Gasteiger charge is 2.28. The number of nitriles is 1. The van der Waals surface area contributed by atoms with Gasteiger partial charge in [-0.05, 0) is 55.2 Å². The fourth-order valence-electron chi connectivity index (χ4n) is 4.37. The van der Waals surface area contributed by atoms with Crippen LogP contribution in [0.15, 0.2) is 42.6 Å². The molecule has 36 heavy (non-hydrogen) atoms. The first-order valence-corrected chi connectivity index (χ1v) is 12.0. The van der Waals surface area contributed by atoms with Crippen molar-refractivity contribution in [3.63, 3.8) is 0 Å². The van der Waals surface area contributed by atoms with Crippen molar-refractivity contribution in [3.05, 3.63) is 53.7 Å². The third-order valence-corrected chi connectivity index (χ3v) is 6.08. The van der Waals surface area contributed by atoms with Gasteiger partial charge < -0.3 is 30.4 Å². The molecule has 0 spiro atoms. The van der Waals surface area contributed by atoms with Crippen LogP contribution in [0.5, 0.6) is 17.2 Å². The Balaban J connectivity index is 1.74. The van der Waals surface area contributed by atoms with Crippen molar-refractivity contribution in [1.29, 1.82) is 5.26 Å². The van der Waals surface area contributed by atoms with E-state index in [2.05, 4.69) is 16.0 Å². The summed E-state index contributed by atoms with van der Waals surface area (Å²) in [7, 11) is 1.58. The third-order valence-electron chi connectivity index (χ3n) is 6.08. The molecule has 1 aliphatic carbocycles. The summed E-state index contributed by atoms with van der Waals surface area (Å²) < 4.78 is 23.2. The number of nitrogen functional groups attached to an aromatic ring is 2. The van der Waals surface area contributed by atoms with Crippen molar-refractivity contribution in [2.24, 2.45) is 5.92 Å². The van der Waals surface area contributed by atoms with Crippen molar-refractivity contribution in [3.8, 4) is 34.4 Å². The molecule has 3 aromatic rings. The van der Waals surface area contributed by atoms with Gasteiger partial charge in [-0.15, -0.1) is 0 Å². The van der Waals surface area contributed by atoms with Crippen molar-refractivity contribution >= 4 is 11.8 Å². The molecule has 1 heterocycles. The second kappa shape index (κ2) is 11.6. The summed E-state index contributed by atoms with van der Waals surface area (Å²) in [6.07, 6.45) is 4.44. The molecule has 0 amide bonds. The average Bonchev–Trinajstić information content (AvgIpc) is 3.33. The maximum Gasteiger partial charge on any atom is 0.221 e. The standard InChI is InChI=1S/C27H31N5O4/c1-3-34-23-12-18(10-20-15-31-27(30)32-26(20)29)13-24(36-22-7-4-17(11-22)14-28)25(23)19-5-8-21(9-6-19)35-16-33-2/h5-6,8-9,12-13,15,17,22H,3-4,7,10-11,16H2,1-2H3,(H4,29,30,31,32). The van der Waals surface area contributed by atoms with Gasteiger partial charge in [0.25, 0.3) is 0 Å². The Morgan fingerprint density at radius 1 is 1.08 bits per heavy atom. The Labute approximate surface area is 211 Å². The molecule has 2 atom stereocenters. The monoisotopic (exact) mass is 489 g/mol. The van der Waals surface area contributed by atoms with Gasteiger partial charge >= 0.3 is 0 Å².